The van der Waals surface area contributed by atoms with Gasteiger partial charge in [0.15, 0.2) is 6.29 Å². The molecule has 6 N–H and O–H groups in total. The van der Waals surface area contributed by atoms with Crippen LogP contribution < -0.4 is 5.32 Å². The zero-order valence-corrected chi connectivity index (χ0v) is 39.9. The topological polar surface area (TPSA) is 149 Å². The molecule has 0 aliphatic carbocycles. The third kappa shape index (κ3) is 32.8. The maximum Gasteiger partial charge on any atom is 0.220 e. The van der Waals surface area contributed by atoms with Crippen LogP contribution in [0.4, 0.5) is 0 Å². The first-order valence-corrected chi connectivity index (χ1v) is 25.8. The van der Waals surface area contributed by atoms with Gasteiger partial charge in [-0.25, -0.2) is 0 Å². The van der Waals surface area contributed by atoms with E-state index in [1.165, 1.54) is 128 Å². The first-order chi connectivity index (χ1) is 30.3. The van der Waals surface area contributed by atoms with Gasteiger partial charge < -0.3 is 40.3 Å². The lowest BCUT2D eigenvalue weighted by atomic mass is 9.99. The van der Waals surface area contributed by atoms with Gasteiger partial charge in [0.05, 0.1) is 25.4 Å². The normalized spacial score (nSPS) is 20.7. The highest BCUT2D eigenvalue weighted by molar-refractivity contribution is 5.76. The largest absolute Gasteiger partial charge is 0.394 e. The zero-order chi connectivity index (χ0) is 45.1. The first-order valence-electron chi connectivity index (χ1n) is 25.8. The minimum Gasteiger partial charge on any atom is -0.394 e. The predicted octanol–water partition coefficient (Wildman–Crippen LogP) is 11.8. The molecule has 1 saturated heterocycles. The van der Waals surface area contributed by atoms with Gasteiger partial charge in [0.2, 0.25) is 5.91 Å². The van der Waals surface area contributed by atoms with Crippen LogP contribution in [0.2, 0.25) is 0 Å². The molecule has 1 amide bonds. The highest BCUT2D eigenvalue weighted by atomic mass is 16.7. The van der Waals surface area contributed by atoms with Crippen molar-refractivity contribution in [1.82, 2.24) is 5.32 Å². The Bertz CT molecular complexity index is 1110. The van der Waals surface area contributed by atoms with E-state index in [1.807, 2.05) is 0 Å². The Labute approximate surface area is 380 Å². The number of carbonyl (C=O) groups excluding carboxylic acids is 1. The fourth-order valence-corrected chi connectivity index (χ4v) is 8.09. The van der Waals surface area contributed by atoms with Crippen LogP contribution in [-0.2, 0) is 14.3 Å². The Kier molecular flexibility index (Phi) is 40.4. The maximum absolute atomic E-state index is 13.0. The summed E-state index contributed by atoms with van der Waals surface area (Å²) in [4.78, 5) is 13.0. The van der Waals surface area contributed by atoms with Gasteiger partial charge in [-0.3, -0.25) is 4.79 Å². The molecule has 7 atom stereocenters. The molecular formula is C53H97NO8. The van der Waals surface area contributed by atoms with E-state index >= 15 is 0 Å². The number of ether oxygens (including phenoxy) is 2. The van der Waals surface area contributed by atoms with Crippen molar-refractivity contribution >= 4 is 5.91 Å². The summed E-state index contributed by atoms with van der Waals surface area (Å²) in [6, 6.07) is -0.722. The van der Waals surface area contributed by atoms with Crippen LogP contribution >= 0.6 is 0 Å². The second kappa shape index (κ2) is 43.1. The molecule has 1 fully saturated rings. The van der Waals surface area contributed by atoms with Gasteiger partial charge in [0.25, 0.3) is 0 Å². The summed E-state index contributed by atoms with van der Waals surface area (Å²) in [5.74, 6) is -0.149. The number of aliphatic hydroxyl groups excluding tert-OH is 5. The molecule has 1 heterocycles. The summed E-state index contributed by atoms with van der Waals surface area (Å²) in [6.07, 6.45) is 48.3. The molecule has 9 heteroatoms. The average molecular weight is 876 g/mol. The van der Waals surface area contributed by atoms with E-state index < -0.39 is 49.5 Å². The molecular weight excluding hydrogens is 779 g/mol. The highest BCUT2D eigenvalue weighted by Gasteiger charge is 2.44. The molecule has 0 radical (unpaired) electrons. The minimum atomic E-state index is -1.55. The van der Waals surface area contributed by atoms with Crippen LogP contribution in [0, 0.1) is 0 Å². The van der Waals surface area contributed by atoms with Gasteiger partial charge in [0, 0.05) is 6.42 Å². The Balaban J connectivity index is 2.26. The molecule has 62 heavy (non-hydrogen) atoms. The number of aliphatic hydroxyl groups is 5. The monoisotopic (exact) mass is 876 g/mol. The summed E-state index contributed by atoms with van der Waals surface area (Å²) in [5.41, 5.74) is 0. The summed E-state index contributed by atoms with van der Waals surface area (Å²) in [6.45, 7) is 3.73. The quantitative estimate of drug-likeness (QED) is 0.0262. The van der Waals surface area contributed by atoms with Crippen molar-refractivity contribution in [2.24, 2.45) is 0 Å². The van der Waals surface area contributed by atoms with Crippen molar-refractivity contribution in [3.8, 4) is 0 Å². The van der Waals surface area contributed by atoms with E-state index in [0.29, 0.717) is 12.8 Å². The number of amides is 1. The molecule has 1 rings (SSSR count). The van der Waals surface area contributed by atoms with Crippen LogP contribution in [-0.4, -0.2) is 87.5 Å². The first kappa shape index (κ1) is 58.2. The Morgan fingerprint density at radius 1 is 0.565 bits per heavy atom. The summed E-state index contributed by atoms with van der Waals surface area (Å²) < 4.78 is 11.3. The van der Waals surface area contributed by atoms with Crippen LogP contribution in [0.1, 0.15) is 226 Å². The molecule has 362 valence electrons. The number of nitrogens with one attached hydrogen (secondary N) is 1. The SMILES string of the molecule is CC/C=C\C/C=C\C/C=C\C/C=C\CCCCCCCCCCCCC(=O)NC(COC1OC(CO)C(O)C(O)C1O)C(O)CCCCCCCCCCCCCCCCCC. The van der Waals surface area contributed by atoms with Crippen molar-refractivity contribution in [3.05, 3.63) is 48.6 Å². The zero-order valence-electron chi connectivity index (χ0n) is 39.9. The van der Waals surface area contributed by atoms with Gasteiger partial charge in [-0.2, -0.15) is 0 Å². The number of allylic oxidation sites excluding steroid dienone is 8. The molecule has 0 aromatic carbocycles. The number of hydrogen-bond acceptors (Lipinski definition) is 8. The average Bonchev–Trinajstić information content (AvgIpc) is 3.27. The predicted molar refractivity (Wildman–Crippen MR) is 258 cm³/mol. The summed E-state index contributed by atoms with van der Waals surface area (Å²) in [7, 11) is 0. The lowest BCUT2D eigenvalue weighted by molar-refractivity contribution is -0.302. The van der Waals surface area contributed by atoms with E-state index in [-0.39, 0.29) is 12.5 Å². The molecule has 0 spiro atoms. The second-order valence-electron chi connectivity index (χ2n) is 17.9. The van der Waals surface area contributed by atoms with E-state index in [4.69, 9.17) is 9.47 Å². The van der Waals surface area contributed by atoms with Crippen molar-refractivity contribution < 1.29 is 39.8 Å². The van der Waals surface area contributed by atoms with Gasteiger partial charge in [0.1, 0.15) is 24.4 Å². The molecule has 0 aromatic heterocycles. The highest BCUT2D eigenvalue weighted by Crippen LogP contribution is 2.23. The third-order valence-corrected chi connectivity index (χ3v) is 12.2. The van der Waals surface area contributed by atoms with Crippen molar-refractivity contribution in [3.63, 3.8) is 0 Å². The fourth-order valence-electron chi connectivity index (χ4n) is 8.09. The molecule has 0 aromatic rings. The van der Waals surface area contributed by atoms with Gasteiger partial charge in [-0.1, -0.05) is 217 Å². The molecule has 1 aliphatic rings. The van der Waals surface area contributed by atoms with Crippen molar-refractivity contribution in [2.45, 2.75) is 269 Å². The number of carbonyl (C=O) groups is 1. The van der Waals surface area contributed by atoms with Crippen LogP contribution in [0.3, 0.4) is 0 Å². The van der Waals surface area contributed by atoms with E-state index in [2.05, 4.69) is 67.8 Å². The molecule has 1 aliphatic heterocycles. The lowest BCUT2D eigenvalue weighted by Crippen LogP contribution is -2.60. The minimum absolute atomic E-state index is 0.140. The molecule has 9 nitrogen and oxygen atoms in total. The van der Waals surface area contributed by atoms with E-state index in [9.17, 15) is 30.3 Å². The third-order valence-electron chi connectivity index (χ3n) is 12.2. The number of hydrogen-bond donors (Lipinski definition) is 6. The van der Waals surface area contributed by atoms with Crippen LogP contribution in [0.15, 0.2) is 48.6 Å². The molecule has 0 bridgehead atoms. The number of unbranched alkanes of at least 4 members (excludes halogenated alkanes) is 25. The van der Waals surface area contributed by atoms with Gasteiger partial charge in [-0.15, -0.1) is 0 Å². The van der Waals surface area contributed by atoms with Crippen molar-refractivity contribution in [1.29, 1.82) is 0 Å². The molecule has 7 unspecified atom stereocenters. The summed E-state index contributed by atoms with van der Waals surface area (Å²) in [5, 5.41) is 54.5. The Hall–Kier alpha value is -1.85. The Morgan fingerprint density at radius 3 is 1.48 bits per heavy atom. The number of rotatable bonds is 43. The smallest absolute Gasteiger partial charge is 0.220 e. The Morgan fingerprint density at radius 2 is 1.00 bits per heavy atom. The maximum atomic E-state index is 13.0. The van der Waals surface area contributed by atoms with Crippen LogP contribution in [0.5, 0.6) is 0 Å². The fraction of sp³-hybridized carbons (Fsp3) is 0.830. The standard InChI is InChI=1S/C53H97NO8/c1-3-5-7-9-11-13-15-17-19-21-22-23-24-25-26-27-29-31-33-35-37-39-41-43-49(57)54-46(45-61-53-52(60)51(59)50(58)48(44-55)62-53)47(56)42-40-38-36-34-32-30-28-20-18-16-14-12-10-8-6-4-2/h5,7,11,13,17,19,22-23,46-48,50-53,55-56,58-60H,3-4,6,8-10,12,14-16,18,20-21,24-45H2,1-2H3,(H,54,57)/b7-5-,13-11-,19-17-,23-22-. The van der Waals surface area contributed by atoms with E-state index in [1.54, 1.807) is 0 Å². The summed E-state index contributed by atoms with van der Waals surface area (Å²) >= 11 is 0. The van der Waals surface area contributed by atoms with Gasteiger partial charge >= 0.3 is 0 Å². The second-order valence-corrected chi connectivity index (χ2v) is 17.9. The van der Waals surface area contributed by atoms with E-state index in [0.717, 1.165) is 70.6 Å². The van der Waals surface area contributed by atoms with Gasteiger partial charge in [-0.05, 0) is 51.4 Å². The lowest BCUT2D eigenvalue weighted by Gasteiger charge is -2.40. The molecule has 0 saturated carbocycles. The van der Waals surface area contributed by atoms with Crippen LogP contribution in [0.25, 0.3) is 0 Å². The van der Waals surface area contributed by atoms with Crippen molar-refractivity contribution in [2.75, 3.05) is 13.2 Å².